The van der Waals surface area contributed by atoms with Crippen LogP contribution < -0.4 is 15.9 Å². The van der Waals surface area contributed by atoms with Gasteiger partial charge in [-0.15, -0.1) is 0 Å². The summed E-state index contributed by atoms with van der Waals surface area (Å²) < 4.78 is 0. The van der Waals surface area contributed by atoms with Crippen molar-refractivity contribution >= 4 is 29.2 Å². The van der Waals surface area contributed by atoms with E-state index in [2.05, 4.69) is 25.4 Å². The molecule has 0 fully saturated rings. The second-order valence-electron chi connectivity index (χ2n) is 7.28. The molecular formula is C20H23N7O3. The molecule has 0 radical (unpaired) electrons. The van der Waals surface area contributed by atoms with Crippen molar-refractivity contribution < 1.29 is 14.4 Å². The normalized spacial score (nSPS) is 18.5. The zero-order valence-corrected chi connectivity index (χ0v) is 17.2. The fourth-order valence-electron chi connectivity index (χ4n) is 2.82. The molecular weight excluding hydrogens is 386 g/mol. The van der Waals surface area contributed by atoms with Crippen LogP contribution >= 0.6 is 0 Å². The lowest BCUT2D eigenvalue weighted by Gasteiger charge is -2.33. The van der Waals surface area contributed by atoms with E-state index in [-0.39, 0.29) is 29.9 Å². The molecule has 10 nitrogen and oxygen atoms in total. The Balaban J connectivity index is 1.76. The fourth-order valence-corrected chi connectivity index (χ4v) is 2.82. The summed E-state index contributed by atoms with van der Waals surface area (Å²) in [6.07, 6.45) is 2.80. The largest absolute Gasteiger partial charge is 0.369 e. The highest BCUT2D eigenvalue weighted by Gasteiger charge is 2.36. The van der Waals surface area contributed by atoms with Crippen molar-refractivity contribution in [3.63, 3.8) is 0 Å². The average Bonchev–Trinajstić information content (AvgIpc) is 2.71. The third-order valence-corrected chi connectivity index (χ3v) is 4.50. The van der Waals surface area contributed by atoms with Gasteiger partial charge in [-0.3, -0.25) is 14.5 Å². The predicted molar refractivity (Wildman–Crippen MR) is 112 cm³/mol. The molecule has 1 aliphatic heterocycles. The number of nitrogens with zero attached hydrogens (tertiary/aromatic N) is 5. The summed E-state index contributed by atoms with van der Waals surface area (Å²) in [5.74, 6) is -0.220. The van der Waals surface area contributed by atoms with Crippen molar-refractivity contribution in [2.45, 2.75) is 32.7 Å². The Hall–Kier alpha value is -3.82. The highest BCUT2D eigenvalue weighted by Crippen LogP contribution is 2.34. The minimum absolute atomic E-state index is 0.118. The number of hydrogen-bond donors (Lipinski definition) is 2. The zero-order chi connectivity index (χ0) is 21.9. The number of carbonyl (C=O) groups excluding carboxylic acids is 2. The summed E-state index contributed by atoms with van der Waals surface area (Å²) in [6.45, 7) is 5.40. The molecule has 1 aromatic carbocycles. The first-order valence-electron chi connectivity index (χ1n) is 9.22. The second-order valence-corrected chi connectivity index (χ2v) is 7.28. The van der Waals surface area contributed by atoms with Crippen LogP contribution in [-0.4, -0.2) is 45.4 Å². The summed E-state index contributed by atoms with van der Waals surface area (Å²) in [5, 5.41) is 6.55. The third-order valence-electron chi connectivity index (χ3n) is 4.50. The van der Waals surface area contributed by atoms with Gasteiger partial charge in [0.2, 0.25) is 5.91 Å². The standard InChI is InChI=1S/C20H23N7O3/c1-12(2)26-30-16-11-22-15(10-23-16)18(29)24-14-7-5-6-13(8-14)20(3)9-17(28)27(4)19(21)25-20/h5-8,10-11H,9H2,1-4H3,(H2,21,25)(H,24,29). The first-order chi connectivity index (χ1) is 14.2. The van der Waals surface area contributed by atoms with Crippen LogP contribution in [0.2, 0.25) is 0 Å². The maximum atomic E-state index is 12.5. The number of anilines is 1. The average molecular weight is 409 g/mol. The molecule has 2 heterocycles. The number of nitrogens with two attached hydrogens (primary N) is 1. The smallest absolute Gasteiger partial charge is 0.275 e. The van der Waals surface area contributed by atoms with Gasteiger partial charge in [0.05, 0.1) is 30.1 Å². The van der Waals surface area contributed by atoms with Crippen molar-refractivity contribution in [3.05, 3.63) is 47.9 Å². The Morgan fingerprint density at radius 1 is 1.30 bits per heavy atom. The number of nitrogens with one attached hydrogen (secondary N) is 1. The van der Waals surface area contributed by atoms with E-state index in [0.717, 1.165) is 11.3 Å². The van der Waals surface area contributed by atoms with Crippen LogP contribution in [0.25, 0.3) is 0 Å². The van der Waals surface area contributed by atoms with E-state index in [1.807, 2.05) is 13.0 Å². The van der Waals surface area contributed by atoms with Crippen LogP contribution in [0.15, 0.2) is 46.8 Å². The van der Waals surface area contributed by atoms with Crippen LogP contribution in [0.3, 0.4) is 0 Å². The molecule has 0 saturated carbocycles. The number of aromatic nitrogens is 2. The number of amides is 2. The molecule has 1 unspecified atom stereocenters. The zero-order valence-electron chi connectivity index (χ0n) is 17.2. The minimum atomic E-state index is -0.814. The Morgan fingerprint density at radius 2 is 2.07 bits per heavy atom. The molecule has 2 aromatic rings. The summed E-state index contributed by atoms with van der Waals surface area (Å²) in [4.78, 5) is 43.7. The summed E-state index contributed by atoms with van der Waals surface area (Å²) >= 11 is 0. The summed E-state index contributed by atoms with van der Waals surface area (Å²) in [6, 6.07) is 7.11. The Labute approximate surface area is 173 Å². The minimum Gasteiger partial charge on any atom is -0.369 e. The van der Waals surface area contributed by atoms with Crippen molar-refractivity contribution in [3.8, 4) is 5.88 Å². The molecule has 0 bridgehead atoms. The lowest BCUT2D eigenvalue weighted by atomic mass is 9.87. The molecule has 0 spiro atoms. The number of guanidine groups is 1. The molecule has 10 heteroatoms. The monoisotopic (exact) mass is 409 g/mol. The Morgan fingerprint density at radius 3 is 2.70 bits per heavy atom. The predicted octanol–water partition coefficient (Wildman–Crippen LogP) is 1.90. The van der Waals surface area contributed by atoms with E-state index >= 15 is 0 Å². The fraction of sp³-hybridized carbons (Fsp3) is 0.300. The summed E-state index contributed by atoms with van der Waals surface area (Å²) in [7, 11) is 1.59. The van der Waals surface area contributed by atoms with Gasteiger partial charge in [0.25, 0.3) is 11.8 Å². The quantitative estimate of drug-likeness (QED) is 0.572. The van der Waals surface area contributed by atoms with Crippen molar-refractivity contribution in [1.29, 1.82) is 0 Å². The second kappa shape index (κ2) is 8.27. The molecule has 1 aromatic heterocycles. The first kappa shape index (κ1) is 20.9. The maximum Gasteiger partial charge on any atom is 0.275 e. The Bertz CT molecular complexity index is 1030. The van der Waals surface area contributed by atoms with E-state index < -0.39 is 11.4 Å². The molecule has 1 aliphatic rings. The molecule has 30 heavy (non-hydrogen) atoms. The van der Waals surface area contributed by atoms with E-state index in [4.69, 9.17) is 10.6 Å². The van der Waals surface area contributed by atoms with Gasteiger partial charge in [0.15, 0.2) is 5.96 Å². The van der Waals surface area contributed by atoms with Crippen LogP contribution in [-0.2, 0) is 10.3 Å². The maximum absolute atomic E-state index is 12.5. The summed E-state index contributed by atoms with van der Waals surface area (Å²) in [5.41, 5.74) is 7.20. The van der Waals surface area contributed by atoms with Crippen molar-refractivity contribution in [2.24, 2.45) is 15.9 Å². The van der Waals surface area contributed by atoms with E-state index in [1.54, 1.807) is 39.1 Å². The Kier molecular flexibility index (Phi) is 5.77. The number of aliphatic imine (C=N–C) groups is 1. The van der Waals surface area contributed by atoms with Gasteiger partial charge in [0.1, 0.15) is 5.69 Å². The topological polar surface area (TPSA) is 135 Å². The number of carbonyl (C=O) groups is 2. The molecule has 3 rings (SSSR count). The molecule has 2 amide bonds. The van der Waals surface area contributed by atoms with E-state index in [1.165, 1.54) is 17.3 Å². The number of benzene rings is 1. The highest BCUT2D eigenvalue weighted by atomic mass is 16.6. The SMILES string of the molecule is CC(C)=NOc1cnc(C(=O)Nc2cccc(C3(C)CC(=O)N(C)C(N)=N3)c2)cn1. The molecule has 0 saturated heterocycles. The number of oxime groups is 1. The van der Waals surface area contributed by atoms with Crippen molar-refractivity contribution in [2.75, 3.05) is 12.4 Å². The number of hydrogen-bond acceptors (Lipinski definition) is 8. The molecule has 0 aliphatic carbocycles. The molecule has 3 N–H and O–H groups in total. The first-order valence-corrected chi connectivity index (χ1v) is 9.22. The van der Waals surface area contributed by atoms with Crippen molar-refractivity contribution in [1.82, 2.24) is 14.9 Å². The van der Waals surface area contributed by atoms with Gasteiger partial charge in [-0.05, 0) is 38.5 Å². The van der Waals surface area contributed by atoms with Gasteiger partial charge >= 0.3 is 0 Å². The molecule has 156 valence electrons. The van der Waals surface area contributed by atoms with Gasteiger partial charge < -0.3 is 15.9 Å². The lowest BCUT2D eigenvalue weighted by Crippen LogP contribution is -2.47. The third kappa shape index (κ3) is 4.59. The van der Waals surface area contributed by atoms with Crippen LogP contribution in [0.4, 0.5) is 5.69 Å². The van der Waals surface area contributed by atoms with Crippen LogP contribution in [0, 0.1) is 0 Å². The van der Waals surface area contributed by atoms with Crippen LogP contribution in [0.1, 0.15) is 43.2 Å². The molecule has 1 atom stereocenters. The van der Waals surface area contributed by atoms with Crippen LogP contribution in [0.5, 0.6) is 5.88 Å². The number of rotatable bonds is 5. The van der Waals surface area contributed by atoms with E-state index in [0.29, 0.717) is 5.69 Å². The van der Waals surface area contributed by atoms with Gasteiger partial charge in [-0.1, -0.05) is 17.3 Å². The van der Waals surface area contributed by atoms with Gasteiger partial charge in [0, 0.05) is 12.7 Å². The van der Waals surface area contributed by atoms with Gasteiger partial charge in [-0.2, -0.15) is 0 Å². The van der Waals surface area contributed by atoms with E-state index in [9.17, 15) is 9.59 Å². The highest BCUT2D eigenvalue weighted by molar-refractivity contribution is 6.03. The van der Waals surface area contributed by atoms with Gasteiger partial charge in [-0.25, -0.2) is 15.0 Å². The lowest BCUT2D eigenvalue weighted by molar-refractivity contribution is -0.128.